The maximum atomic E-state index is 13.3. The van der Waals surface area contributed by atoms with Gasteiger partial charge >= 0.3 is 18.9 Å². The molecule has 0 fully saturated rings. The molecule has 0 aromatic heterocycles. The molecule has 1 nitrogen and oxygen atoms in total. The molecule has 0 bridgehead atoms. The van der Waals surface area contributed by atoms with E-state index in [1.807, 2.05) is 0 Å². The number of hydrogen-bond donors (Lipinski definition) is 0. The van der Waals surface area contributed by atoms with Gasteiger partial charge in [-0.1, -0.05) is 72.2 Å². The van der Waals surface area contributed by atoms with Crippen molar-refractivity contribution in [2.45, 2.75) is 60.1 Å². The van der Waals surface area contributed by atoms with Crippen LogP contribution in [0.2, 0.25) is 39.3 Å². The predicted molar refractivity (Wildman–Crippen MR) is 97.4 cm³/mol. The Hall–Kier alpha value is 0.138. The molecule has 21 heavy (non-hydrogen) atoms. The van der Waals surface area contributed by atoms with Crippen LogP contribution in [0.25, 0.3) is 0 Å². The second-order valence-electron chi connectivity index (χ2n) is 7.98. The normalized spacial score (nSPS) is 11.9. The quantitative estimate of drug-likeness (QED) is 0.769. The number of hydrogen-bond acceptors (Lipinski definition) is 1. The van der Waals surface area contributed by atoms with Gasteiger partial charge in [0.25, 0.3) is 0 Å². The summed E-state index contributed by atoms with van der Waals surface area (Å²) in [5, 5.41) is 0.517. The van der Waals surface area contributed by atoms with Crippen molar-refractivity contribution in [2.75, 3.05) is 0 Å². The van der Waals surface area contributed by atoms with E-state index in [1.165, 1.54) is 16.7 Å². The molecule has 0 aliphatic rings. The Morgan fingerprint density at radius 1 is 0.857 bits per heavy atom. The second-order valence-corrected chi connectivity index (χ2v) is 31.7. The number of carbonyl (C=O) groups is 1. The monoisotopic (exact) mass is 328 g/mol. The number of carbonyl (C=O) groups excluding carboxylic acids is 1. The van der Waals surface area contributed by atoms with Crippen molar-refractivity contribution in [2.24, 2.45) is 0 Å². The van der Waals surface area contributed by atoms with Crippen molar-refractivity contribution in [1.29, 1.82) is 0 Å². The minimum absolute atomic E-state index is 0. The van der Waals surface area contributed by atoms with Crippen molar-refractivity contribution in [3.05, 3.63) is 34.4 Å². The number of benzene rings is 1. The van der Waals surface area contributed by atoms with E-state index < -0.39 is 23.0 Å². The van der Waals surface area contributed by atoms with E-state index in [-0.39, 0.29) is 18.9 Å². The Kier molecular flexibility index (Phi) is 7.19. The average molecular weight is 329 g/mol. The van der Waals surface area contributed by atoms with Crippen LogP contribution in [0.15, 0.2) is 12.1 Å². The van der Waals surface area contributed by atoms with Crippen molar-refractivity contribution >= 4 is 28.4 Å². The third kappa shape index (κ3) is 5.07. The van der Waals surface area contributed by atoms with Crippen molar-refractivity contribution in [3.63, 3.8) is 0 Å². The van der Waals surface area contributed by atoms with Gasteiger partial charge in [-0.25, -0.2) is 7.83 Å². The topological polar surface area (TPSA) is 17.1 Å². The zero-order valence-electron chi connectivity index (χ0n) is 15.6. The van der Waals surface area contributed by atoms with Gasteiger partial charge in [-0.05, 0) is 37.5 Å². The van der Waals surface area contributed by atoms with Crippen LogP contribution in [0.5, 0.6) is 0 Å². The molecule has 112 valence electrons. The summed E-state index contributed by atoms with van der Waals surface area (Å²) < 4.78 is 0. The first-order chi connectivity index (χ1) is 8.85. The van der Waals surface area contributed by atoms with Crippen LogP contribution in [-0.4, -0.2) is 28.4 Å². The molecule has 0 atom stereocenters. The molecule has 0 heterocycles. The summed E-state index contributed by atoms with van der Waals surface area (Å²) in [5.41, 5.74) is 4.64. The smallest absolute Gasteiger partial charge is 0.336 e. The molecular weight excluding hydrogens is 299 g/mol. The summed E-state index contributed by atoms with van der Waals surface area (Å²) >= 11 is 0. The predicted octanol–water partition coefficient (Wildman–Crippen LogP) is 1.67. The fourth-order valence-electron chi connectivity index (χ4n) is 3.47. The summed E-state index contributed by atoms with van der Waals surface area (Å²) in [5.74, 6) is 0. The van der Waals surface area contributed by atoms with Crippen molar-refractivity contribution < 1.29 is 23.7 Å². The zero-order valence-corrected chi connectivity index (χ0v) is 18.6. The summed E-state index contributed by atoms with van der Waals surface area (Å²) in [6.07, 6.45) is 0. The minimum atomic E-state index is -1.41. The van der Waals surface area contributed by atoms with Crippen LogP contribution >= 0.6 is 0 Å². The molecule has 1 aromatic rings. The average Bonchev–Trinajstić information content (AvgIpc) is 2.09. The molecule has 1 aromatic carbocycles. The Balaban J connectivity index is 0.00000400. The molecule has 0 N–H and O–H groups in total. The Labute approximate surface area is 146 Å². The molecule has 1 rings (SSSR count). The maximum absolute atomic E-state index is 13.3. The first kappa shape index (κ1) is 21.1. The molecule has 0 aliphatic heterocycles. The fourth-order valence-corrected chi connectivity index (χ4v) is 39.6. The standard InChI is InChI=1S/C16H29OSi3.Li/c1-12-10-13(2)15(14(3)11-12)16(17)18(19(4,5)6)20(7,8)9;/h10-11H,1-9H3;/q-1;+1. The second kappa shape index (κ2) is 7.14. The summed E-state index contributed by atoms with van der Waals surface area (Å²) in [7, 11) is -3.75. The first-order valence-corrected chi connectivity index (χ1v) is 17.9. The van der Waals surface area contributed by atoms with E-state index in [1.54, 1.807) is 0 Å². The molecule has 0 spiro atoms. The molecule has 0 amide bonds. The number of aryl methyl sites for hydroxylation is 3. The van der Waals surface area contributed by atoms with Crippen LogP contribution < -0.4 is 18.9 Å². The third-order valence-corrected chi connectivity index (χ3v) is 31.2. The molecule has 5 heteroatoms. The van der Waals surface area contributed by atoms with Crippen molar-refractivity contribution in [1.82, 2.24) is 0 Å². The van der Waals surface area contributed by atoms with E-state index in [4.69, 9.17) is 0 Å². The van der Waals surface area contributed by atoms with Gasteiger partial charge in [-0.2, -0.15) is 0 Å². The largest absolute Gasteiger partial charge is 1.00 e. The van der Waals surface area contributed by atoms with Gasteiger partial charge in [0.2, 0.25) is 0 Å². The van der Waals surface area contributed by atoms with E-state index in [2.05, 4.69) is 72.2 Å². The maximum Gasteiger partial charge on any atom is 1.00 e. The summed E-state index contributed by atoms with van der Waals surface area (Å²) in [6.45, 7) is 20.6. The van der Waals surface area contributed by atoms with Gasteiger partial charge < -0.3 is 4.79 Å². The van der Waals surface area contributed by atoms with Gasteiger partial charge in [0.05, 0.1) is 0 Å². The van der Waals surface area contributed by atoms with Crippen LogP contribution in [0.3, 0.4) is 0 Å². The van der Waals surface area contributed by atoms with Gasteiger partial charge in [0.1, 0.15) is 0 Å². The van der Waals surface area contributed by atoms with Crippen LogP contribution in [0.4, 0.5) is 0 Å². The fraction of sp³-hybridized carbons (Fsp3) is 0.562. The van der Waals surface area contributed by atoms with Gasteiger partial charge in [-0.3, -0.25) is 0 Å². The number of rotatable bonds is 4. The first-order valence-electron chi connectivity index (χ1n) is 7.36. The van der Waals surface area contributed by atoms with Crippen LogP contribution in [-0.2, 0) is 0 Å². The van der Waals surface area contributed by atoms with Gasteiger partial charge in [0.15, 0.2) is 0 Å². The van der Waals surface area contributed by atoms with E-state index in [9.17, 15) is 4.79 Å². The SMILES string of the molecule is Cc1cc(C)c(C(=O)[Si-]([Si](C)(C)C)[Si](C)(C)C)c(C)c1.[Li+]. The van der Waals surface area contributed by atoms with E-state index >= 15 is 0 Å². The third-order valence-electron chi connectivity index (χ3n) is 3.63. The van der Waals surface area contributed by atoms with Crippen LogP contribution in [0.1, 0.15) is 27.0 Å². The Bertz CT molecular complexity index is 490. The van der Waals surface area contributed by atoms with Crippen LogP contribution in [0, 0.1) is 20.8 Å². The molecule has 0 unspecified atom stereocenters. The van der Waals surface area contributed by atoms with Crippen molar-refractivity contribution in [3.8, 4) is 0 Å². The molecule has 0 saturated carbocycles. The Morgan fingerprint density at radius 2 is 1.19 bits per heavy atom. The summed E-state index contributed by atoms with van der Waals surface area (Å²) in [6, 6.07) is 4.32. The van der Waals surface area contributed by atoms with Gasteiger partial charge in [0, 0.05) is 5.41 Å². The zero-order chi connectivity index (χ0) is 15.9. The minimum Gasteiger partial charge on any atom is -0.336 e. The summed E-state index contributed by atoms with van der Waals surface area (Å²) in [4.78, 5) is 13.3. The Morgan fingerprint density at radius 3 is 1.48 bits per heavy atom. The molecule has 0 radical (unpaired) electrons. The molecular formula is C16H29LiOSi3. The van der Waals surface area contributed by atoms with E-state index in [0.717, 1.165) is 5.56 Å². The van der Waals surface area contributed by atoms with Gasteiger partial charge in [-0.15, -0.1) is 0 Å². The molecule has 0 saturated heterocycles. The molecule has 0 aliphatic carbocycles. The van der Waals surface area contributed by atoms with E-state index in [0.29, 0.717) is 5.41 Å².